The minimum Gasteiger partial charge on any atom is -0.311 e. The monoisotopic (exact) mass is 296 g/mol. The first-order chi connectivity index (χ1) is 10.1. The predicted octanol–water partition coefficient (Wildman–Crippen LogP) is 3.71. The Morgan fingerprint density at radius 2 is 1.95 bits per heavy atom. The highest BCUT2D eigenvalue weighted by molar-refractivity contribution is 5.19. The topological polar surface area (TPSA) is 15.3 Å². The second-order valence-electron chi connectivity index (χ2n) is 6.01. The highest BCUT2D eigenvalue weighted by atomic mass is 19.2. The van der Waals surface area contributed by atoms with Crippen molar-refractivity contribution in [3.05, 3.63) is 35.4 Å². The van der Waals surface area contributed by atoms with Crippen molar-refractivity contribution in [2.75, 3.05) is 13.1 Å². The highest BCUT2D eigenvalue weighted by Gasteiger charge is 2.38. The number of hydrogen-bond donors (Lipinski definition) is 1. The Bertz CT molecular complexity index is 472. The Balaban J connectivity index is 2.25. The van der Waals surface area contributed by atoms with Crippen molar-refractivity contribution in [2.24, 2.45) is 0 Å². The summed E-state index contributed by atoms with van der Waals surface area (Å²) in [6, 6.07) is 4.88. The number of nitrogens with one attached hydrogen (secondary N) is 1. The third kappa shape index (κ3) is 3.27. The van der Waals surface area contributed by atoms with Gasteiger partial charge >= 0.3 is 0 Å². The molecule has 1 aromatic carbocycles. The molecule has 2 rings (SSSR count). The first-order valence-corrected chi connectivity index (χ1v) is 7.97. The Kier molecular flexibility index (Phi) is 5.33. The Labute approximate surface area is 126 Å². The fourth-order valence-corrected chi connectivity index (χ4v) is 3.30. The molecule has 0 aliphatic carbocycles. The van der Waals surface area contributed by atoms with Gasteiger partial charge in [-0.25, -0.2) is 8.78 Å². The van der Waals surface area contributed by atoms with Crippen molar-refractivity contribution < 1.29 is 8.78 Å². The molecule has 1 saturated heterocycles. The molecule has 1 aliphatic rings. The van der Waals surface area contributed by atoms with Gasteiger partial charge in [0.05, 0.1) is 0 Å². The zero-order valence-corrected chi connectivity index (χ0v) is 13.3. The second-order valence-corrected chi connectivity index (χ2v) is 6.01. The summed E-state index contributed by atoms with van der Waals surface area (Å²) in [5.74, 6) is -1.46. The zero-order valence-electron chi connectivity index (χ0n) is 13.3. The van der Waals surface area contributed by atoms with Gasteiger partial charge in [0.25, 0.3) is 0 Å². The van der Waals surface area contributed by atoms with Gasteiger partial charge in [0.15, 0.2) is 11.6 Å². The van der Waals surface area contributed by atoms with E-state index in [1.807, 2.05) is 0 Å². The molecule has 1 N–H and O–H groups in total. The van der Waals surface area contributed by atoms with Gasteiger partial charge in [-0.3, -0.25) is 4.90 Å². The van der Waals surface area contributed by atoms with Gasteiger partial charge in [-0.05, 0) is 25.3 Å². The molecule has 1 atom stereocenters. The van der Waals surface area contributed by atoms with Crippen molar-refractivity contribution >= 4 is 0 Å². The molecule has 0 bridgehead atoms. The van der Waals surface area contributed by atoms with E-state index >= 15 is 0 Å². The average molecular weight is 296 g/mol. The van der Waals surface area contributed by atoms with Gasteiger partial charge in [0.1, 0.15) is 0 Å². The minimum atomic E-state index is -0.756. The van der Waals surface area contributed by atoms with Gasteiger partial charge in [0.2, 0.25) is 0 Å². The summed E-state index contributed by atoms with van der Waals surface area (Å²) in [7, 11) is 0. The number of halogens is 2. The molecule has 0 aromatic heterocycles. The molecular weight excluding hydrogens is 270 g/mol. The van der Waals surface area contributed by atoms with E-state index in [-0.39, 0.29) is 5.54 Å². The Morgan fingerprint density at radius 3 is 2.57 bits per heavy atom. The van der Waals surface area contributed by atoms with Crippen molar-refractivity contribution in [1.29, 1.82) is 0 Å². The van der Waals surface area contributed by atoms with Crippen LogP contribution in [0, 0.1) is 11.6 Å². The maximum absolute atomic E-state index is 14.0. The number of piperazine rings is 1. The summed E-state index contributed by atoms with van der Waals surface area (Å²) in [5, 5.41) is 3.59. The van der Waals surface area contributed by atoms with Crippen LogP contribution in [0.5, 0.6) is 0 Å². The number of benzene rings is 1. The maximum atomic E-state index is 14.0. The number of nitrogens with zero attached hydrogens (tertiary/aromatic N) is 1. The lowest BCUT2D eigenvalue weighted by Gasteiger charge is -2.49. The van der Waals surface area contributed by atoms with Gasteiger partial charge in [-0.2, -0.15) is 0 Å². The molecule has 1 aromatic rings. The summed E-state index contributed by atoms with van der Waals surface area (Å²) in [6.07, 6.45) is 3.05. The molecule has 0 radical (unpaired) electrons. The summed E-state index contributed by atoms with van der Waals surface area (Å²) in [5.41, 5.74) is 0.489. The van der Waals surface area contributed by atoms with E-state index in [4.69, 9.17) is 0 Å². The van der Waals surface area contributed by atoms with Crippen LogP contribution in [0.2, 0.25) is 0 Å². The van der Waals surface area contributed by atoms with Crippen LogP contribution >= 0.6 is 0 Å². The van der Waals surface area contributed by atoms with Gasteiger partial charge in [-0.15, -0.1) is 0 Å². The average Bonchev–Trinajstić information content (AvgIpc) is 2.52. The van der Waals surface area contributed by atoms with Crippen LogP contribution in [-0.4, -0.2) is 29.6 Å². The fraction of sp³-hybridized carbons (Fsp3) is 0.647. The molecular formula is C17H26F2N2. The number of hydrogen-bond acceptors (Lipinski definition) is 2. The summed E-state index contributed by atoms with van der Waals surface area (Å²) < 4.78 is 27.4. The molecule has 118 valence electrons. The highest BCUT2D eigenvalue weighted by Crippen LogP contribution is 2.30. The minimum absolute atomic E-state index is 0.0322. The molecule has 2 nitrogen and oxygen atoms in total. The van der Waals surface area contributed by atoms with Gasteiger partial charge in [-0.1, -0.05) is 32.9 Å². The lowest BCUT2D eigenvalue weighted by atomic mass is 9.86. The van der Waals surface area contributed by atoms with E-state index < -0.39 is 11.6 Å². The molecule has 1 unspecified atom stereocenters. The summed E-state index contributed by atoms with van der Waals surface area (Å²) in [6.45, 7) is 8.77. The van der Waals surface area contributed by atoms with Crippen LogP contribution in [0.3, 0.4) is 0 Å². The van der Waals surface area contributed by atoms with Gasteiger partial charge in [0, 0.05) is 36.8 Å². The third-order valence-electron chi connectivity index (χ3n) is 5.03. The van der Waals surface area contributed by atoms with Gasteiger partial charge < -0.3 is 5.32 Å². The van der Waals surface area contributed by atoms with Crippen LogP contribution in [0.25, 0.3) is 0 Å². The maximum Gasteiger partial charge on any atom is 0.163 e. The van der Waals surface area contributed by atoms with E-state index in [1.165, 1.54) is 6.07 Å². The molecule has 1 fully saturated rings. The van der Waals surface area contributed by atoms with Crippen LogP contribution in [0.4, 0.5) is 8.78 Å². The predicted molar refractivity (Wildman–Crippen MR) is 82.2 cm³/mol. The Morgan fingerprint density at radius 1 is 1.24 bits per heavy atom. The van der Waals surface area contributed by atoms with E-state index in [9.17, 15) is 8.78 Å². The van der Waals surface area contributed by atoms with E-state index in [2.05, 4.69) is 31.0 Å². The Hall–Kier alpha value is -1.00. The largest absolute Gasteiger partial charge is 0.311 e. The zero-order chi connectivity index (χ0) is 15.5. The van der Waals surface area contributed by atoms with E-state index in [1.54, 1.807) is 12.1 Å². The normalized spacial score (nSPS) is 22.4. The van der Waals surface area contributed by atoms with Crippen LogP contribution in [-0.2, 0) is 6.54 Å². The van der Waals surface area contributed by atoms with Crippen molar-refractivity contribution in [2.45, 2.75) is 58.2 Å². The molecule has 1 heterocycles. The number of rotatable bonds is 5. The van der Waals surface area contributed by atoms with E-state index in [0.29, 0.717) is 18.2 Å². The molecule has 4 heteroatoms. The molecule has 0 spiro atoms. The van der Waals surface area contributed by atoms with Crippen LogP contribution in [0.15, 0.2) is 18.2 Å². The van der Waals surface area contributed by atoms with Crippen LogP contribution in [0.1, 0.15) is 45.6 Å². The smallest absolute Gasteiger partial charge is 0.163 e. The lowest BCUT2D eigenvalue weighted by Crippen LogP contribution is -2.63. The SMILES string of the molecule is CCC1CN(Cc2cccc(F)c2F)C(CC)(CC)CN1. The fourth-order valence-electron chi connectivity index (χ4n) is 3.30. The van der Waals surface area contributed by atoms with E-state index in [0.717, 1.165) is 32.4 Å². The van der Waals surface area contributed by atoms with Crippen LogP contribution < -0.4 is 5.32 Å². The van der Waals surface area contributed by atoms with Crippen molar-refractivity contribution in [3.8, 4) is 0 Å². The summed E-state index contributed by atoms with van der Waals surface area (Å²) in [4.78, 5) is 2.34. The molecule has 21 heavy (non-hydrogen) atoms. The third-order valence-corrected chi connectivity index (χ3v) is 5.03. The van der Waals surface area contributed by atoms with Crippen molar-refractivity contribution in [1.82, 2.24) is 10.2 Å². The molecule has 1 aliphatic heterocycles. The first-order valence-electron chi connectivity index (χ1n) is 7.97. The lowest BCUT2D eigenvalue weighted by molar-refractivity contribution is 0.0228. The second kappa shape index (κ2) is 6.84. The van der Waals surface area contributed by atoms with Crippen molar-refractivity contribution in [3.63, 3.8) is 0 Å². The molecule has 0 saturated carbocycles. The quantitative estimate of drug-likeness (QED) is 0.891. The first kappa shape index (κ1) is 16.4. The molecule has 0 amide bonds. The summed E-state index contributed by atoms with van der Waals surface area (Å²) >= 11 is 0. The standard InChI is InChI=1S/C17H26F2N2/c1-4-14-11-21(17(5-2,6-3)12-20-14)10-13-8-7-9-15(18)16(13)19/h7-9,14,20H,4-6,10-12H2,1-3H3.